The Morgan fingerprint density at radius 2 is 2.07 bits per heavy atom. The lowest BCUT2D eigenvalue weighted by molar-refractivity contribution is -0.134. The number of nitrogens with zero attached hydrogens (tertiary/aromatic N) is 3. The standard InChI is InChI=1S/C21H22FN3O4/c1-4-25(11-14-6-5-7-16(22)8-14)18(26)12-28-21(27)15-9-17-19(13(2)3)24-29-20(17)23-10-15/h5-10,13H,4,11-12H2,1-3H3. The van der Waals surface area contributed by atoms with Crippen molar-refractivity contribution in [2.24, 2.45) is 0 Å². The zero-order valence-electron chi connectivity index (χ0n) is 16.5. The fourth-order valence-electron chi connectivity index (χ4n) is 2.91. The molecule has 29 heavy (non-hydrogen) atoms. The normalized spacial score (nSPS) is 11.1. The van der Waals surface area contributed by atoms with Crippen LogP contribution in [0.5, 0.6) is 0 Å². The Hall–Kier alpha value is -3.29. The van der Waals surface area contributed by atoms with Gasteiger partial charge in [-0.05, 0) is 36.6 Å². The Bertz CT molecular complexity index is 1030. The van der Waals surface area contributed by atoms with Gasteiger partial charge in [-0.3, -0.25) is 4.79 Å². The second-order valence-electron chi connectivity index (χ2n) is 6.91. The van der Waals surface area contributed by atoms with E-state index in [9.17, 15) is 14.0 Å². The quantitative estimate of drug-likeness (QED) is 0.563. The van der Waals surface area contributed by atoms with Gasteiger partial charge in [-0.15, -0.1) is 0 Å². The number of hydrogen-bond acceptors (Lipinski definition) is 6. The number of aromatic nitrogens is 2. The summed E-state index contributed by atoms with van der Waals surface area (Å²) in [5.74, 6) is -1.29. The van der Waals surface area contributed by atoms with Crippen LogP contribution in [0.1, 0.15) is 48.3 Å². The van der Waals surface area contributed by atoms with Gasteiger partial charge in [0.2, 0.25) is 0 Å². The highest BCUT2D eigenvalue weighted by molar-refractivity contribution is 5.94. The van der Waals surface area contributed by atoms with E-state index in [4.69, 9.17) is 9.26 Å². The van der Waals surface area contributed by atoms with Crippen LogP contribution < -0.4 is 0 Å². The van der Waals surface area contributed by atoms with E-state index >= 15 is 0 Å². The van der Waals surface area contributed by atoms with Gasteiger partial charge in [0.15, 0.2) is 6.61 Å². The van der Waals surface area contributed by atoms with Crippen molar-refractivity contribution in [1.29, 1.82) is 0 Å². The minimum atomic E-state index is -0.662. The molecule has 0 saturated carbocycles. The number of rotatable bonds is 7. The van der Waals surface area contributed by atoms with Crippen molar-refractivity contribution in [3.63, 3.8) is 0 Å². The number of pyridine rings is 1. The molecule has 0 unspecified atom stereocenters. The number of carbonyl (C=O) groups excluding carboxylic acids is 2. The van der Waals surface area contributed by atoms with Gasteiger partial charge in [-0.25, -0.2) is 14.2 Å². The number of fused-ring (bicyclic) bond motifs is 1. The lowest BCUT2D eigenvalue weighted by Crippen LogP contribution is -2.34. The van der Waals surface area contributed by atoms with Crippen molar-refractivity contribution in [2.75, 3.05) is 13.2 Å². The lowest BCUT2D eigenvalue weighted by atomic mass is 10.1. The first-order valence-electron chi connectivity index (χ1n) is 9.33. The van der Waals surface area contributed by atoms with Crippen LogP contribution in [-0.2, 0) is 16.1 Å². The molecule has 0 radical (unpaired) electrons. The molecule has 2 aromatic heterocycles. The van der Waals surface area contributed by atoms with Crippen LogP contribution >= 0.6 is 0 Å². The first kappa shape index (κ1) is 20.4. The second kappa shape index (κ2) is 8.81. The van der Waals surface area contributed by atoms with Crippen LogP contribution in [0.3, 0.4) is 0 Å². The molecule has 7 nitrogen and oxygen atoms in total. The third-order valence-corrected chi connectivity index (χ3v) is 4.46. The molecule has 0 fully saturated rings. The summed E-state index contributed by atoms with van der Waals surface area (Å²) in [6.07, 6.45) is 1.33. The zero-order chi connectivity index (χ0) is 21.0. The predicted octanol–water partition coefficient (Wildman–Crippen LogP) is 3.69. The molecule has 0 atom stereocenters. The van der Waals surface area contributed by atoms with Crippen molar-refractivity contribution in [1.82, 2.24) is 15.0 Å². The Kier molecular flexibility index (Phi) is 6.21. The number of benzene rings is 1. The summed E-state index contributed by atoms with van der Waals surface area (Å²) in [7, 11) is 0. The average Bonchev–Trinajstić information content (AvgIpc) is 3.13. The van der Waals surface area contributed by atoms with Crippen LogP contribution in [0.2, 0.25) is 0 Å². The van der Waals surface area contributed by atoms with Crippen LogP contribution in [-0.4, -0.2) is 40.1 Å². The average molecular weight is 399 g/mol. The van der Waals surface area contributed by atoms with E-state index < -0.39 is 12.6 Å². The summed E-state index contributed by atoms with van der Waals surface area (Å²) in [6, 6.07) is 7.63. The van der Waals surface area contributed by atoms with Crippen LogP contribution in [0.15, 0.2) is 41.1 Å². The Labute approximate surface area is 167 Å². The van der Waals surface area contributed by atoms with E-state index in [2.05, 4.69) is 10.1 Å². The molecule has 0 N–H and O–H groups in total. The van der Waals surface area contributed by atoms with Crippen molar-refractivity contribution >= 4 is 23.0 Å². The maximum absolute atomic E-state index is 13.3. The number of ether oxygens (including phenoxy) is 1. The summed E-state index contributed by atoms with van der Waals surface area (Å²) in [5, 5.41) is 4.61. The summed E-state index contributed by atoms with van der Waals surface area (Å²) in [6.45, 7) is 5.93. The topological polar surface area (TPSA) is 85.5 Å². The van der Waals surface area contributed by atoms with Gasteiger partial charge >= 0.3 is 5.97 Å². The second-order valence-corrected chi connectivity index (χ2v) is 6.91. The van der Waals surface area contributed by atoms with Crippen LogP contribution in [0.25, 0.3) is 11.1 Å². The molecular formula is C21H22FN3O4. The first-order chi connectivity index (χ1) is 13.9. The summed E-state index contributed by atoms with van der Waals surface area (Å²) in [4.78, 5) is 30.4. The van der Waals surface area contributed by atoms with Crippen molar-refractivity contribution < 1.29 is 23.2 Å². The van der Waals surface area contributed by atoms with Crippen molar-refractivity contribution in [3.05, 3.63) is 59.2 Å². The molecule has 0 bridgehead atoms. The molecule has 2 heterocycles. The lowest BCUT2D eigenvalue weighted by Gasteiger charge is -2.20. The van der Waals surface area contributed by atoms with E-state index in [0.717, 1.165) is 0 Å². The molecule has 0 aliphatic rings. The largest absolute Gasteiger partial charge is 0.452 e. The molecular weight excluding hydrogens is 377 g/mol. The van der Waals surface area contributed by atoms with E-state index in [0.29, 0.717) is 28.9 Å². The smallest absolute Gasteiger partial charge is 0.340 e. The number of likely N-dealkylation sites (N-methyl/N-ethyl adjacent to an activating group) is 1. The summed E-state index contributed by atoms with van der Waals surface area (Å²) >= 11 is 0. The number of halogens is 1. The maximum atomic E-state index is 13.3. The molecule has 0 aliphatic heterocycles. The molecule has 8 heteroatoms. The summed E-state index contributed by atoms with van der Waals surface area (Å²) < 4.78 is 23.7. The highest BCUT2D eigenvalue weighted by atomic mass is 19.1. The Balaban J connectivity index is 1.65. The van der Waals surface area contributed by atoms with Gasteiger partial charge in [-0.2, -0.15) is 0 Å². The maximum Gasteiger partial charge on any atom is 0.340 e. The van der Waals surface area contributed by atoms with Gasteiger partial charge < -0.3 is 14.2 Å². The Morgan fingerprint density at radius 3 is 2.76 bits per heavy atom. The number of esters is 1. The van der Waals surface area contributed by atoms with E-state index in [1.54, 1.807) is 25.1 Å². The van der Waals surface area contributed by atoms with Crippen molar-refractivity contribution in [3.8, 4) is 0 Å². The SMILES string of the molecule is CCN(Cc1cccc(F)c1)C(=O)COC(=O)c1cnc2onc(C(C)C)c2c1. The number of amides is 1. The van der Waals surface area contributed by atoms with Crippen molar-refractivity contribution in [2.45, 2.75) is 33.2 Å². The number of hydrogen-bond donors (Lipinski definition) is 0. The van der Waals surface area contributed by atoms with E-state index in [-0.39, 0.29) is 29.8 Å². The van der Waals surface area contributed by atoms with Gasteiger partial charge in [-0.1, -0.05) is 31.1 Å². The van der Waals surface area contributed by atoms with Crippen LogP contribution in [0, 0.1) is 5.82 Å². The van der Waals surface area contributed by atoms with Gasteiger partial charge in [0.25, 0.3) is 11.6 Å². The van der Waals surface area contributed by atoms with E-state index in [1.807, 2.05) is 13.8 Å². The third-order valence-electron chi connectivity index (χ3n) is 4.46. The Morgan fingerprint density at radius 1 is 1.28 bits per heavy atom. The molecule has 0 saturated heterocycles. The molecule has 1 aromatic carbocycles. The highest BCUT2D eigenvalue weighted by Crippen LogP contribution is 2.24. The van der Waals surface area contributed by atoms with Gasteiger partial charge in [0, 0.05) is 19.3 Å². The van der Waals surface area contributed by atoms with E-state index in [1.165, 1.54) is 23.2 Å². The fourth-order valence-corrected chi connectivity index (χ4v) is 2.91. The zero-order valence-corrected chi connectivity index (χ0v) is 16.5. The molecule has 1 amide bonds. The molecule has 0 spiro atoms. The summed E-state index contributed by atoms with van der Waals surface area (Å²) in [5.41, 5.74) is 1.91. The molecule has 3 rings (SSSR count). The fraction of sp³-hybridized carbons (Fsp3) is 0.333. The predicted molar refractivity (Wildman–Crippen MR) is 104 cm³/mol. The first-order valence-corrected chi connectivity index (χ1v) is 9.33. The minimum absolute atomic E-state index is 0.104. The van der Waals surface area contributed by atoms with Crippen LogP contribution in [0.4, 0.5) is 4.39 Å². The third kappa shape index (κ3) is 4.77. The minimum Gasteiger partial charge on any atom is -0.452 e. The monoisotopic (exact) mass is 399 g/mol. The molecule has 3 aromatic rings. The molecule has 0 aliphatic carbocycles. The number of carbonyl (C=O) groups is 2. The molecule has 152 valence electrons. The van der Waals surface area contributed by atoms with Gasteiger partial charge in [0.1, 0.15) is 5.82 Å². The van der Waals surface area contributed by atoms with Gasteiger partial charge in [0.05, 0.1) is 16.6 Å². The highest BCUT2D eigenvalue weighted by Gasteiger charge is 2.19.